The zero-order valence-electron chi connectivity index (χ0n) is 15.6. The molecule has 1 aromatic heterocycles. The molecule has 27 heavy (non-hydrogen) atoms. The van der Waals surface area contributed by atoms with E-state index in [2.05, 4.69) is 39.7 Å². The van der Waals surface area contributed by atoms with Crippen LogP contribution in [0.15, 0.2) is 35.5 Å². The summed E-state index contributed by atoms with van der Waals surface area (Å²) >= 11 is 7.94. The summed E-state index contributed by atoms with van der Waals surface area (Å²) in [5, 5.41) is 8.67. The van der Waals surface area contributed by atoms with Crippen LogP contribution in [0.2, 0.25) is 5.02 Å². The molecule has 0 amide bonds. The summed E-state index contributed by atoms with van der Waals surface area (Å²) in [5.74, 6) is 0.783. The average Bonchev–Trinajstić information content (AvgIpc) is 3.08. The molecule has 0 unspecified atom stereocenters. The van der Waals surface area contributed by atoms with Crippen molar-refractivity contribution < 1.29 is 4.74 Å². The third-order valence-corrected chi connectivity index (χ3v) is 5.93. The lowest BCUT2D eigenvalue weighted by Crippen LogP contribution is -2.47. The standard InChI is InChI=1S/C19H25ClN4OS.HI/c1-14-11-22-17(26-14)12-23-18(21-2)24-13-19(6-8-25-9-7-19)15-4-3-5-16(20)10-15;/h3-5,10-11H,6-9,12-13H2,1-2H3,(H2,21,23,24);1H. The number of aromatic nitrogens is 1. The van der Waals surface area contributed by atoms with Gasteiger partial charge >= 0.3 is 0 Å². The van der Waals surface area contributed by atoms with E-state index in [1.54, 1.807) is 18.4 Å². The van der Waals surface area contributed by atoms with E-state index in [1.165, 1.54) is 10.4 Å². The number of thiazole rings is 1. The van der Waals surface area contributed by atoms with Crippen LogP contribution in [0.1, 0.15) is 28.3 Å². The first kappa shape index (κ1) is 22.4. The molecule has 2 heterocycles. The fourth-order valence-corrected chi connectivity index (χ4v) is 4.18. The number of hydrogen-bond donors (Lipinski definition) is 2. The van der Waals surface area contributed by atoms with Crippen molar-refractivity contribution in [2.24, 2.45) is 4.99 Å². The monoisotopic (exact) mass is 520 g/mol. The van der Waals surface area contributed by atoms with E-state index in [4.69, 9.17) is 16.3 Å². The van der Waals surface area contributed by atoms with Crippen molar-refractivity contribution >= 4 is 52.9 Å². The Balaban J connectivity index is 0.00000261. The second kappa shape index (κ2) is 10.6. The first-order valence-electron chi connectivity index (χ1n) is 8.81. The van der Waals surface area contributed by atoms with Crippen molar-refractivity contribution in [1.82, 2.24) is 15.6 Å². The Hall–Kier alpha value is -0.900. The lowest BCUT2D eigenvalue weighted by molar-refractivity contribution is 0.0514. The van der Waals surface area contributed by atoms with E-state index < -0.39 is 0 Å². The zero-order chi connectivity index (χ0) is 18.4. The Morgan fingerprint density at radius 1 is 1.33 bits per heavy atom. The zero-order valence-corrected chi connectivity index (χ0v) is 19.5. The van der Waals surface area contributed by atoms with Gasteiger partial charge in [0.15, 0.2) is 5.96 Å². The predicted molar refractivity (Wildman–Crippen MR) is 124 cm³/mol. The molecule has 3 rings (SSSR count). The summed E-state index contributed by atoms with van der Waals surface area (Å²) in [6.07, 6.45) is 3.82. The van der Waals surface area contributed by atoms with Gasteiger partial charge in [-0.05, 0) is 37.5 Å². The van der Waals surface area contributed by atoms with Crippen LogP contribution in [0.3, 0.4) is 0 Å². The SMILES string of the molecule is CN=C(NCc1ncc(C)s1)NCC1(c2cccc(Cl)c2)CCOCC1.I. The summed E-state index contributed by atoms with van der Waals surface area (Å²) in [6, 6.07) is 8.17. The van der Waals surface area contributed by atoms with Gasteiger partial charge in [-0.15, -0.1) is 35.3 Å². The molecule has 0 atom stereocenters. The number of rotatable bonds is 5. The third kappa shape index (κ3) is 6.04. The number of aryl methyl sites for hydroxylation is 1. The van der Waals surface area contributed by atoms with Crippen molar-refractivity contribution in [3.63, 3.8) is 0 Å². The molecule has 0 bridgehead atoms. The highest BCUT2D eigenvalue weighted by molar-refractivity contribution is 14.0. The molecule has 0 aliphatic carbocycles. The molecule has 0 spiro atoms. The van der Waals surface area contributed by atoms with E-state index >= 15 is 0 Å². The summed E-state index contributed by atoms with van der Waals surface area (Å²) in [7, 11) is 1.79. The summed E-state index contributed by atoms with van der Waals surface area (Å²) in [5.41, 5.74) is 1.25. The number of benzene rings is 1. The van der Waals surface area contributed by atoms with Gasteiger partial charge in [0.05, 0.1) is 6.54 Å². The minimum absolute atomic E-state index is 0. The molecule has 148 valence electrons. The molecule has 0 radical (unpaired) electrons. The van der Waals surface area contributed by atoms with Gasteiger partial charge in [-0.25, -0.2) is 4.98 Å². The van der Waals surface area contributed by atoms with Crippen molar-refractivity contribution in [2.75, 3.05) is 26.8 Å². The Morgan fingerprint density at radius 3 is 2.74 bits per heavy atom. The molecule has 0 saturated carbocycles. The van der Waals surface area contributed by atoms with E-state index in [0.29, 0.717) is 6.54 Å². The van der Waals surface area contributed by atoms with E-state index in [9.17, 15) is 0 Å². The summed E-state index contributed by atoms with van der Waals surface area (Å²) in [6.45, 7) is 5.05. The second-order valence-electron chi connectivity index (χ2n) is 6.55. The van der Waals surface area contributed by atoms with Crippen LogP contribution in [0.25, 0.3) is 0 Å². The molecule has 1 aliphatic heterocycles. The van der Waals surface area contributed by atoms with Crippen molar-refractivity contribution in [3.05, 3.63) is 50.9 Å². The van der Waals surface area contributed by atoms with Gasteiger partial charge in [0, 0.05) is 48.3 Å². The van der Waals surface area contributed by atoms with E-state index in [-0.39, 0.29) is 29.4 Å². The second-order valence-corrected chi connectivity index (χ2v) is 8.30. The topological polar surface area (TPSA) is 58.5 Å². The molecular weight excluding hydrogens is 495 g/mol. The molecule has 5 nitrogen and oxygen atoms in total. The van der Waals surface area contributed by atoms with Crippen molar-refractivity contribution in [3.8, 4) is 0 Å². The van der Waals surface area contributed by atoms with Gasteiger partial charge in [-0.2, -0.15) is 0 Å². The quantitative estimate of drug-likeness (QED) is 0.354. The maximum atomic E-state index is 6.24. The van der Waals surface area contributed by atoms with Gasteiger partial charge in [0.1, 0.15) is 5.01 Å². The van der Waals surface area contributed by atoms with Crippen molar-refractivity contribution in [2.45, 2.75) is 31.7 Å². The molecule has 1 aromatic carbocycles. The largest absolute Gasteiger partial charge is 0.381 e. The number of guanidine groups is 1. The smallest absolute Gasteiger partial charge is 0.191 e. The van der Waals surface area contributed by atoms with Gasteiger partial charge in [-0.3, -0.25) is 4.99 Å². The highest BCUT2D eigenvalue weighted by atomic mass is 127. The fourth-order valence-electron chi connectivity index (χ4n) is 3.26. The number of aliphatic imine (C=N–C) groups is 1. The van der Waals surface area contributed by atoms with Crippen LogP contribution in [0, 0.1) is 6.92 Å². The highest BCUT2D eigenvalue weighted by Gasteiger charge is 2.34. The Morgan fingerprint density at radius 2 is 2.11 bits per heavy atom. The van der Waals surface area contributed by atoms with Crippen molar-refractivity contribution in [1.29, 1.82) is 0 Å². The molecule has 8 heteroatoms. The average molecular weight is 521 g/mol. The number of nitrogens with zero attached hydrogens (tertiary/aromatic N) is 2. The molecule has 1 fully saturated rings. The minimum atomic E-state index is -0.00145. The van der Waals surface area contributed by atoms with Gasteiger partial charge in [0.25, 0.3) is 0 Å². The fraction of sp³-hybridized carbons (Fsp3) is 0.474. The third-order valence-electron chi connectivity index (χ3n) is 4.78. The highest BCUT2D eigenvalue weighted by Crippen LogP contribution is 2.35. The number of ether oxygens (including phenoxy) is 1. The molecule has 1 aliphatic rings. The number of hydrogen-bond acceptors (Lipinski definition) is 4. The predicted octanol–water partition coefficient (Wildman–Crippen LogP) is 4.14. The van der Waals surface area contributed by atoms with E-state index in [0.717, 1.165) is 48.6 Å². The first-order chi connectivity index (χ1) is 12.6. The number of halogens is 2. The maximum absolute atomic E-state index is 6.24. The van der Waals surface area contributed by atoms with Gasteiger partial charge < -0.3 is 15.4 Å². The Kier molecular flexibility index (Phi) is 8.78. The maximum Gasteiger partial charge on any atom is 0.191 e. The van der Waals surface area contributed by atoms with Crippen LogP contribution in [-0.4, -0.2) is 37.7 Å². The minimum Gasteiger partial charge on any atom is -0.381 e. The van der Waals surface area contributed by atoms with E-state index in [1.807, 2.05) is 18.3 Å². The van der Waals surface area contributed by atoms with Crippen LogP contribution < -0.4 is 10.6 Å². The van der Waals surface area contributed by atoms with Crippen LogP contribution in [0.4, 0.5) is 0 Å². The molecule has 2 N–H and O–H groups in total. The summed E-state index contributed by atoms with van der Waals surface area (Å²) in [4.78, 5) is 9.95. The number of nitrogens with one attached hydrogen (secondary N) is 2. The molecule has 1 saturated heterocycles. The molecule has 2 aromatic rings. The van der Waals surface area contributed by atoms with Crippen LogP contribution >= 0.6 is 46.9 Å². The first-order valence-corrected chi connectivity index (χ1v) is 10.0. The Bertz CT molecular complexity index is 762. The van der Waals surface area contributed by atoms with Crippen LogP contribution in [-0.2, 0) is 16.7 Å². The summed E-state index contributed by atoms with van der Waals surface area (Å²) < 4.78 is 5.60. The lowest BCUT2D eigenvalue weighted by Gasteiger charge is -2.38. The molecular formula is C19H26ClIN4OS. The normalized spacial score (nSPS) is 16.5. The van der Waals surface area contributed by atoms with Crippen LogP contribution in [0.5, 0.6) is 0 Å². The lowest BCUT2D eigenvalue weighted by atomic mass is 9.74. The van der Waals surface area contributed by atoms with Gasteiger partial charge in [0.2, 0.25) is 0 Å². The van der Waals surface area contributed by atoms with Gasteiger partial charge in [-0.1, -0.05) is 23.7 Å². The Labute approximate surface area is 187 Å².